The van der Waals surface area contributed by atoms with Gasteiger partial charge >= 0.3 is 11.9 Å². The van der Waals surface area contributed by atoms with Crippen LogP contribution in [0, 0.1) is 0 Å². The van der Waals surface area contributed by atoms with Crippen molar-refractivity contribution in [1.29, 1.82) is 0 Å². The molecule has 0 aliphatic carbocycles. The summed E-state index contributed by atoms with van der Waals surface area (Å²) in [5.41, 5.74) is 2.30. The number of carboxylic acids is 2. The van der Waals surface area contributed by atoms with Gasteiger partial charge in [-0.3, -0.25) is 14.8 Å². The van der Waals surface area contributed by atoms with Crippen LogP contribution < -0.4 is 0 Å². The third-order valence-electron chi connectivity index (χ3n) is 4.24. The van der Waals surface area contributed by atoms with Gasteiger partial charge in [0.1, 0.15) is 5.75 Å². The zero-order chi connectivity index (χ0) is 20.5. The molecule has 0 spiro atoms. The normalized spacial score (nSPS) is 14.8. The number of piperazine rings is 1. The molecule has 28 heavy (non-hydrogen) atoms. The Bertz CT molecular complexity index is 783. The highest BCUT2D eigenvalue weighted by Crippen LogP contribution is 2.23. The van der Waals surface area contributed by atoms with Crippen molar-refractivity contribution in [2.24, 2.45) is 0 Å². The molecule has 1 aliphatic rings. The Morgan fingerprint density at radius 2 is 1.46 bits per heavy atom. The van der Waals surface area contributed by atoms with Crippen molar-refractivity contribution in [3.63, 3.8) is 0 Å². The van der Waals surface area contributed by atoms with Crippen molar-refractivity contribution >= 4 is 27.9 Å². The molecule has 3 N–H and O–H groups in total. The van der Waals surface area contributed by atoms with E-state index in [2.05, 4.69) is 42.8 Å². The van der Waals surface area contributed by atoms with E-state index in [1.165, 1.54) is 5.56 Å². The predicted molar refractivity (Wildman–Crippen MR) is 106 cm³/mol. The maximum absolute atomic E-state index is 9.95. The maximum atomic E-state index is 9.95. The molecule has 1 aromatic carbocycles. The lowest BCUT2D eigenvalue weighted by atomic mass is 10.1. The molecule has 0 bridgehead atoms. The first-order chi connectivity index (χ1) is 13.3. The molecule has 0 saturated carbocycles. The zero-order valence-electron chi connectivity index (χ0n) is 15.2. The van der Waals surface area contributed by atoms with Gasteiger partial charge in [0, 0.05) is 61.7 Å². The summed E-state index contributed by atoms with van der Waals surface area (Å²) in [7, 11) is 0. The van der Waals surface area contributed by atoms with Crippen molar-refractivity contribution in [3.8, 4) is 5.75 Å². The van der Waals surface area contributed by atoms with E-state index in [1.54, 1.807) is 6.07 Å². The number of phenols is 1. The molecule has 0 radical (unpaired) electrons. The van der Waals surface area contributed by atoms with Gasteiger partial charge in [0.25, 0.3) is 0 Å². The highest BCUT2D eigenvalue weighted by molar-refractivity contribution is 9.10. The molecule has 2 heterocycles. The fourth-order valence-corrected chi connectivity index (χ4v) is 3.18. The van der Waals surface area contributed by atoms with E-state index < -0.39 is 11.9 Å². The SMILES string of the molecule is O=C(O)C(=O)O.Oc1ccc(Br)cc1CN1CCN(Cc2ccncc2)CC1. The Kier molecular flexibility index (Phi) is 8.37. The zero-order valence-corrected chi connectivity index (χ0v) is 16.7. The van der Waals surface area contributed by atoms with Crippen LogP contribution in [-0.2, 0) is 22.7 Å². The number of halogens is 1. The lowest BCUT2D eigenvalue weighted by molar-refractivity contribution is -0.159. The molecule has 9 heteroatoms. The van der Waals surface area contributed by atoms with Crippen LogP contribution in [-0.4, -0.2) is 68.2 Å². The van der Waals surface area contributed by atoms with Crippen LogP contribution in [0.15, 0.2) is 47.2 Å². The Hall–Kier alpha value is -2.49. The lowest BCUT2D eigenvalue weighted by Crippen LogP contribution is -2.45. The molecule has 8 nitrogen and oxygen atoms in total. The molecule has 1 saturated heterocycles. The molecule has 1 fully saturated rings. The number of carbonyl (C=O) groups is 2. The van der Waals surface area contributed by atoms with Crippen molar-refractivity contribution in [1.82, 2.24) is 14.8 Å². The molecule has 0 unspecified atom stereocenters. The number of carboxylic acid groups (broad SMARTS) is 2. The topological polar surface area (TPSA) is 114 Å². The second kappa shape index (κ2) is 10.7. The Morgan fingerprint density at radius 1 is 0.929 bits per heavy atom. The fraction of sp³-hybridized carbons (Fsp3) is 0.316. The van der Waals surface area contributed by atoms with Gasteiger partial charge in [-0.15, -0.1) is 0 Å². The van der Waals surface area contributed by atoms with Gasteiger partial charge < -0.3 is 15.3 Å². The van der Waals surface area contributed by atoms with Gasteiger partial charge in [-0.05, 0) is 35.9 Å². The average Bonchev–Trinajstić information content (AvgIpc) is 2.67. The minimum absolute atomic E-state index is 0.377. The minimum atomic E-state index is -1.82. The number of hydrogen-bond acceptors (Lipinski definition) is 6. The van der Waals surface area contributed by atoms with Crippen LogP contribution in [0.5, 0.6) is 5.75 Å². The first-order valence-corrected chi connectivity index (χ1v) is 9.41. The average molecular weight is 452 g/mol. The summed E-state index contributed by atoms with van der Waals surface area (Å²) in [6.07, 6.45) is 3.70. The Morgan fingerprint density at radius 3 is 2.00 bits per heavy atom. The number of benzene rings is 1. The van der Waals surface area contributed by atoms with E-state index in [9.17, 15) is 5.11 Å². The van der Waals surface area contributed by atoms with Crippen LogP contribution >= 0.6 is 15.9 Å². The van der Waals surface area contributed by atoms with Gasteiger partial charge in [-0.1, -0.05) is 15.9 Å². The molecule has 1 aromatic heterocycles. The van der Waals surface area contributed by atoms with Crippen LogP contribution in [0.25, 0.3) is 0 Å². The molecule has 1 aliphatic heterocycles. The summed E-state index contributed by atoms with van der Waals surface area (Å²) in [4.78, 5) is 27.1. The summed E-state index contributed by atoms with van der Waals surface area (Å²) >= 11 is 3.46. The summed E-state index contributed by atoms with van der Waals surface area (Å²) in [5, 5.41) is 24.7. The van der Waals surface area contributed by atoms with Crippen molar-refractivity contribution in [3.05, 3.63) is 58.3 Å². The highest BCUT2D eigenvalue weighted by atomic mass is 79.9. The van der Waals surface area contributed by atoms with Crippen molar-refractivity contribution in [2.45, 2.75) is 13.1 Å². The van der Waals surface area contributed by atoms with Crippen LogP contribution in [0.3, 0.4) is 0 Å². The molecular formula is C19H22BrN3O5. The van der Waals surface area contributed by atoms with Gasteiger partial charge in [-0.25, -0.2) is 9.59 Å². The standard InChI is InChI=1S/C17H20BrN3O.C2H2O4/c18-16-1-2-17(22)15(11-16)13-21-9-7-20(8-10-21)12-14-3-5-19-6-4-14;3-1(4)2(5)6/h1-6,11,22H,7-10,12-13H2;(H,3,4)(H,5,6). The van der Waals surface area contributed by atoms with Gasteiger partial charge in [-0.2, -0.15) is 0 Å². The van der Waals surface area contributed by atoms with E-state index in [1.807, 2.05) is 24.5 Å². The smallest absolute Gasteiger partial charge is 0.414 e. The fourth-order valence-electron chi connectivity index (χ4n) is 2.77. The van der Waals surface area contributed by atoms with E-state index in [4.69, 9.17) is 19.8 Å². The largest absolute Gasteiger partial charge is 0.508 e. The van der Waals surface area contributed by atoms with Crippen LogP contribution in [0.2, 0.25) is 0 Å². The Balaban J connectivity index is 0.000000409. The second-order valence-corrected chi connectivity index (χ2v) is 7.21. The molecule has 3 rings (SSSR count). The quantitative estimate of drug-likeness (QED) is 0.604. The molecule has 150 valence electrons. The van der Waals surface area contributed by atoms with E-state index in [-0.39, 0.29) is 0 Å². The highest BCUT2D eigenvalue weighted by Gasteiger charge is 2.18. The van der Waals surface area contributed by atoms with E-state index >= 15 is 0 Å². The first kappa shape index (κ1) is 21.8. The summed E-state index contributed by atoms with van der Waals surface area (Å²) in [6.45, 7) is 5.94. The number of aromatic hydroxyl groups is 1. The van der Waals surface area contributed by atoms with Crippen molar-refractivity contribution < 1.29 is 24.9 Å². The lowest BCUT2D eigenvalue weighted by Gasteiger charge is -2.34. The Labute approximate surface area is 171 Å². The first-order valence-electron chi connectivity index (χ1n) is 8.62. The number of pyridine rings is 1. The number of aliphatic carboxylic acids is 2. The number of nitrogens with zero attached hydrogens (tertiary/aromatic N) is 3. The van der Waals surface area contributed by atoms with E-state index in [0.717, 1.165) is 49.3 Å². The summed E-state index contributed by atoms with van der Waals surface area (Å²) in [6, 6.07) is 9.76. The third kappa shape index (κ3) is 7.26. The summed E-state index contributed by atoms with van der Waals surface area (Å²) in [5.74, 6) is -3.27. The molecular weight excluding hydrogens is 430 g/mol. The van der Waals surface area contributed by atoms with Crippen LogP contribution in [0.4, 0.5) is 0 Å². The van der Waals surface area contributed by atoms with Crippen LogP contribution in [0.1, 0.15) is 11.1 Å². The monoisotopic (exact) mass is 451 g/mol. The maximum Gasteiger partial charge on any atom is 0.414 e. The summed E-state index contributed by atoms with van der Waals surface area (Å²) < 4.78 is 1.01. The number of rotatable bonds is 4. The molecule has 0 amide bonds. The number of hydrogen-bond donors (Lipinski definition) is 3. The van der Waals surface area contributed by atoms with Gasteiger partial charge in [0.15, 0.2) is 0 Å². The second-order valence-electron chi connectivity index (χ2n) is 6.29. The third-order valence-corrected chi connectivity index (χ3v) is 4.73. The predicted octanol–water partition coefficient (Wildman–Crippen LogP) is 2.02. The minimum Gasteiger partial charge on any atom is -0.508 e. The number of phenolic OH excluding ortho intramolecular Hbond substituents is 1. The molecule has 0 atom stereocenters. The van der Waals surface area contributed by atoms with Crippen molar-refractivity contribution in [2.75, 3.05) is 26.2 Å². The van der Waals surface area contributed by atoms with Gasteiger partial charge in [0.05, 0.1) is 0 Å². The molecule has 2 aromatic rings. The van der Waals surface area contributed by atoms with E-state index in [0.29, 0.717) is 5.75 Å². The number of aromatic nitrogens is 1. The van der Waals surface area contributed by atoms with Gasteiger partial charge in [0.2, 0.25) is 0 Å².